The van der Waals surface area contributed by atoms with E-state index < -0.39 is 70.6 Å². The van der Waals surface area contributed by atoms with E-state index in [1.165, 1.54) is 0 Å². The minimum atomic E-state index is -4.81. The molecule has 0 radical (unpaired) electrons. The maximum atomic E-state index is 11.6. The van der Waals surface area contributed by atoms with Crippen LogP contribution in [0.3, 0.4) is 0 Å². The van der Waals surface area contributed by atoms with E-state index in [1.54, 1.807) is 0 Å². The molecule has 2 N–H and O–H groups in total. The van der Waals surface area contributed by atoms with Gasteiger partial charge in [0, 0.05) is 12.3 Å². The van der Waals surface area contributed by atoms with Gasteiger partial charge >= 0.3 is 0 Å². The van der Waals surface area contributed by atoms with Gasteiger partial charge in [-0.05, 0) is 23.1 Å². The van der Waals surface area contributed by atoms with E-state index in [4.69, 9.17) is 23.0 Å². The summed E-state index contributed by atoms with van der Waals surface area (Å²) in [6.45, 7) is -11.5. The first kappa shape index (κ1) is 2.83. The minimum absolute atomic E-state index is 1.31. The lowest BCUT2D eigenvalue weighted by atomic mass is 9.87. The number of sulfonamides is 1. The van der Waals surface area contributed by atoms with E-state index in [-0.39, 0.29) is 0 Å². The van der Waals surface area contributed by atoms with E-state index in [2.05, 4.69) is 0 Å². The van der Waals surface area contributed by atoms with Crippen molar-refractivity contribution < 1.29 is 26.2 Å². The van der Waals surface area contributed by atoms with Gasteiger partial charge in [0.15, 0.2) is 0 Å². The van der Waals surface area contributed by atoms with Crippen LogP contribution in [0.4, 0.5) is 0 Å². The Hall–Kier alpha value is -0.870. The second kappa shape index (κ2) is 3.37. The molecule has 0 aliphatic carbocycles. The zero-order valence-electron chi connectivity index (χ0n) is 19.8. The Morgan fingerprint density at radius 3 is 2.14 bits per heavy atom. The molecule has 0 saturated heterocycles. The first-order valence-corrected chi connectivity index (χ1v) is 4.82. The summed E-state index contributed by atoms with van der Waals surface area (Å²) in [6.07, 6.45) is 0. The molecule has 78 valence electrons. The zero-order valence-corrected chi connectivity index (χ0v) is 7.62. The summed E-state index contributed by atoms with van der Waals surface area (Å²) in [7, 11) is -4.81. The summed E-state index contributed by atoms with van der Waals surface area (Å²) >= 11 is 0. The number of hydrogen-bond donors (Lipinski definition) is 1. The third-order valence-electron chi connectivity index (χ3n) is 1.26. The molecule has 1 rings (SSSR count). The fraction of sp³-hybridized carbons (Fsp3) is 0.400. The number of benzene rings is 1. The molecule has 0 atom stereocenters. The highest BCUT2D eigenvalue weighted by molar-refractivity contribution is 7.89. The van der Waals surface area contributed by atoms with Gasteiger partial charge in [-0.3, -0.25) is 0 Å². The Bertz CT molecular complexity index is 800. The molecular weight excluding hydrogens is 198 g/mol. The smallest absolute Gasteiger partial charge is 0.225 e. The Labute approximate surface area is 103 Å². The second-order valence-electron chi connectivity index (χ2n) is 2.50. The molecule has 0 aliphatic rings. The van der Waals surface area contributed by atoms with Crippen molar-refractivity contribution in [3.63, 3.8) is 0 Å². The minimum Gasteiger partial charge on any atom is -0.225 e. The molecule has 0 amide bonds. The lowest BCUT2D eigenvalue weighted by molar-refractivity contribution is 0.586. The standard InChI is InChI=1S/C10H15NO2S/c1-10(2,3)8-4-6-9(7-5-8)14(11,12)13/h4-7H,1-3H3,(H2,11,12,13)/i1D3,2D3,3D3,4D,5D,6D,7D. The maximum absolute atomic E-state index is 11.6. The summed E-state index contributed by atoms with van der Waals surface area (Å²) < 4.78 is 123. The summed E-state index contributed by atoms with van der Waals surface area (Å²) in [5, 5.41) is 4.84. The summed E-state index contributed by atoms with van der Waals surface area (Å²) in [5.41, 5.74) is -5.27. The summed E-state index contributed by atoms with van der Waals surface area (Å²) in [6, 6.07) is -5.59. The maximum Gasteiger partial charge on any atom is 0.238 e. The SMILES string of the molecule is [2H]c1c([2H])c(S(N)(=O)=O)c([2H])c([2H])c1C(C([2H])([2H])[2H])(C([2H])([2H])[2H])C([2H])([2H])[2H]. The van der Waals surface area contributed by atoms with Crippen molar-refractivity contribution in [2.75, 3.05) is 0 Å². The number of primary sulfonamides is 1. The van der Waals surface area contributed by atoms with Crippen LogP contribution in [-0.2, 0) is 15.4 Å². The predicted molar refractivity (Wildman–Crippen MR) is 56.5 cm³/mol. The molecule has 1 aromatic carbocycles. The van der Waals surface area contributed by atoms with Crippen LogP contribution >= 0.6 is 0 Å². The first-order chi connectivity index (χ1) is 11.6. The lowest BCUT2D eigenvalue weighted by Gasteiger charge is -2.18. The van der Waals surface area contributed by atoms with Crippen molar-refractivity contribution in [3.05, 3.63) is 29.7 Å². The largest absolute Gasteiger partial charge is 0.238 e. The normalized spacial score (nSPS) is 29.1. The molecular formula is C10H15NO2S. The molecule has 3 nitrogen and oxygen atoms in total. The second-order valence-corrected chi connectivity index (χ2v) is 4.00. The summed E-state index contributed by atoms with van der Waals surface area (Å²) in [4.78, 5) is -1.31. The van der Waals surface area contributed by atoms with Crippen LogP contribution in [0.1, 0.15) is 43.9 Å². The van der Waals surface area contributed by atoms with Crippen LogP contribution in [0.5, 0.6) is 0 Å². The molecule has 0 heterocycles. The van der Waals surface area contributed by atoms with Crippen LogP contribution in [0.25, 0.3) is 0 Å². The van der Waals surface area contributed by atoms with Gasteiger partial charge in [0.2, 0.25) is 10.0 Å². The molecule has 4 heteroatoms. The molecule has 0 spiro atoms. The van der Waals surface area contributed by atoms with Gasteiger partial charge in [0.1, 0.15) is 0 Å². The molecule has 0 fully saturated rings. The van der Waals surface area contributed by atoms with Crippen LogP contribution in [-0.4, -0.2) is 8.42 Å². The highest BCUT2D eigenvalue weighted by atomic mass is 32.2. The molecule has 14 heavy (non-hydrogen) atoms. The first-order valence-electron chi connectivity index (χ1n) is 9.77. The van der Waals surface area contributed by atoms with Crippen LogP contribution < -0.4 is 5.14 Å². The Morgan fingerprint density at radius 2 is 1.79 bits per heavy atom. The van der Waals surface area contributed by atoms with Gasteiger partial charge in [-0.2, -0.15) is 0 Å². The van der Waals surface area contributed by atoms with Gasteiger partial charge in [-0.15, -0.1) is 0 Å². The molecule has 1 aromatic rings. The van der Waals surface area contributed by atoms with Crippen molar-refractivity contribution >= 4 is 10.0 Å². The highest BCUT2D eigenvalue weighted by Crippen LogP contribution is 2.22. The van der Waals surface area contributed by atoms with E-state index in [0.29, 0.717) is 0 Å². The van der Waals surface area contributed by atoms with E-state index in [0.717, 1.165) is 0 Å². The van der Waals surface area contributed by atoms with E-state index in [9.17, 15) is 8.42 Å². The predicted octanol–water partition coefficient (Wildman–Crippen LogP) is 1.63. The molecule has 0 bridgehead atoms. The average Bonchev–Trinajstić information content (AvgIpc) is 2.35. The van der Waals surface area contributed by atoms with Crippen LogP contribution in [0.15, 0.2) is 29.1 Å². The van der Waals surface area contributed by atoms with Gasteiger partial charge in [-0.25, -0.2) is 13.6 Å². The van der Waals surface area contributed by atoms with Crippen molar-refractivity contribution in [1.82, 2.24) is 0 Å². The third kappa shape index (κ3) is 2.56. The molecule has 0 saturated carbocycles. The number of hydrogen-bond acceptors (Lipinski definition) is 2. The van der Waals surface area contributed by atoms with Gasteiger partial charge in [-0.1, -0.05) is 32.6 Å². The summed E-state index contributed by atoms with van der Waals surface area (Å²) in [5.74, 6) is 0. The Balaban J connectivity index is 4.41. The quantitative estimate of drug-likeness (QED) is 0.791. The van der Waals surface area contributed by atoms with Crippen LogP contribution in [0.2, 0.25) is 0 Å². The molecule has 0 unspecified atom stereocenters. The lowest BCUT2D eigenvalue weighted by Crippen LogP contribution is -2.14. The fourth-order valence-corrected chi connectivity index (χ4v) is 1.02. The van der Waals surface area contributed by atoms with Gasteiger partial charge in [0.25, 0.3) is 0 Å². The fourth-order valence-electron chi connectivity index (χ4n) is 0.631. The van der Waals surface area contributed by atoms with Gasteiger partial charge < -0.3 is 0 Å². The highest BCUT2D eigenvalue weighted by Gasteiger charge is 2.14. The van der Waals surface area contributed by atoms with Crippen molar-refractivity contribution in [1.29, 1.82) is 0 Å². The van der Waals surface area contributed by atoms with Crippen molar-refractivity contribution in [3.8, 4) is 0 Å². The van der Waals surface area contributed by atoms with Gasteiger partial charge in [0.05, 0.1) is 10.4 Å². The number of rotatable bonds is 1. The monoisotopic (exact) mass is 226 g/mol. The van der Waals surface area contributed by atoms with E-state index in [1.807, 2.05) is 0 Å². The molecule has 0 aromatic heterocycles. The van der Waals surface area contributed by atoms with Crippen molar-refractivity contribution in [2.45, 2.75) is 30.9 Å². The topological polar surface area (TPSA) is 60.2 Å². The van der Waals surface area contributed by atoms with Crippen molar-refractivity contribution in [2.24, 2.45) is 5.14 Å². The average molecular weight is 226 g/mol. The third-order valence-corrected chi connectivity index (χ3v) is 2.03. The molecule has 0 aliphatic heterocycles. The Kier molecular flexibility index (Phi) is 0.680. The Morgan fingerprint density at radius 1 is 1.29 bits per heavy atom. The van der Waals surface area contributed by atoms with E-state index >= 15 is 0 Å². The number of nitrogens with two attached hydrogens (primary N) is 1. The zero-order chi connectivity index (χ0) is 22.0. The van der Waals surface area contributed by atoms with Crippen LogP contribution in [0, 0.1) is 0 Å².